The van der Waals surface area contributed by atoms with Gasteiger partial charge in [-0.1, -0.05) is 74.7 Å². The molecule has 0 amide bonds. The number of hydrogen-bond donors (Lipinski definition) is 2. The van der Waals surface area contributed by atoms with Crippen molar-refractivity contribution in [3.8, 4) is 16.9 Å². The van der Waals surface area contributed by atoms with Crippen molar-refractivity contribution >= 4 is 23.1 Å². The monoisotopic (exact) mass is 528 g/mol. The van der Waals surface area contributed by atoms with Gasteiger partial charge in [-0.05, 0) is 67.7 Å². The first-order valence-corrected chi connectivity index (χ1v) is 13.6. The summed E-state index contributed by atoms with van der Waals surface area (Å²) >= 11 is 0. The number of allylic oxidation sites excluding steroid dienone is 1. The highest BCUT2D eigenvalue weighted by Gasteiger charge is 2.73. The molecule has 0 heterocycles. The minimum atomic E-state index is -2.52. The van der Waals surface area contributed by atoms with Crippen LogP contribution in [0.15, 0.2) is 47.5 Å². The SMILES string of the molecule is CC(=O)C1C(=O)[C@@]2(O)C(=O)C3C(=O)c4c(O)ccc(-c5cccc(C)c5)c4C[C@@]3(C)C[C@@]2(C)C(C(C)C)=C1C. The molecular weight excluding hydrogens is 492 g/mol. The molecule has 39 heavy (non-hydrogen) atoms. The van der Waals surface area contributed by atoms with Crippen molar-refractivity contribution in [2.75, 3.05) is 0 Å². The topological polar surface area (TPSA) is 109 Å². The number of aryl methyl sites for hydroxylation is 1. The minimum absolute atomic E-state index is 0.0687. The number of phenolic OH excluding ortho intramolecular Hbond substituents is 1. The van der Waals surface area contributed by atoms with E-state index in [0.717, 1.165) is 22.3 Å². The summed E-state index contributed by atoms with van der Waals surface area (Å²) in [4.78, 5) is 55.1. The second kappa shape index (κ2) is 8.56. The Hall–Kier alpha value is -3.38. The highest BCUT2D eigenvalue weighted by atomic mass is 16.3. The van der Waals surface area contributed by atoms with Crippen LogP contribution in [0.2, 0.25) is 0 Å². The number of benzene rings is 2. The van der Waals surface area contributed by atoms with Crippen molar-refractivity contribution in [2.24, 2.45) is 28.6 Å². The van der Waals surface area contributed by atoms with Gasteiger partial charge in [-0.2, -0.15) is 0 Å². The van der Waals surface area contributed by atoms with Crippen LogP contribution in [-0.4, -0.2) is 38.9 Å². The van der Waals surface area contributed by atoms with E-state index in [0.29, 0.717) is 17.6 Å². The number of hydrogen-bond acceptors (Lipinski definition) is 6. The van der Waals surface area contributed by atoms with Gasteiger partial charge in [0.25, 0.3) is 0 Å². The molecule has 5 atom stereocenters. The van der Waals surface area contributed by atoms with Crippen LogP contribution in [-0.2, 0) is 20.8 Å². The third-order valence-corrected chi connectivity index (χ3v) is 9.64. The van der Waals surface area contributed by atoms with E-state index in [2.05, 4.69) is 0 Å². The first-order valence-electron chi connectivity index (χ1n) is 13.6. The fraction of sp³-hybridized carbons (Fsp3) is 0.455. The van der Waals surface area contributed by atoms with Gasteiger partial charge in [0, 0.05) is 5.41 Å². The number of aromatic hydroxyl groups is 1. The summed E-state index contributed by atoms with van der Waals surface area (Å²) in [6.07, 6.45) is 0.505. The quantitative estimate of drug-likeness (QED) is 0.419. The fourth-order valence-corrected chi connectivity index (χ4v) is 8.42. The van der Waals surface area contributed by atoms with E-state index in [4.69, 9.17) is 0 Å². The Bertz CT molecular complexity index is 1510. The Labute approximate surface area is 229 Å². The van der Waals surface area contributed by atoms with Crippen LogP contribution in [0.3, 0.4) is 0 Å². The highest BCUT2D eigenvalue weighted by Crippen LogP contribution is 2.64. The molecule has 2 unspecified atom stereocenters. The Morgan fingerprint density at radius 1 is 1.03 bits per heavy atom. The zero-order valence-electron chi connectivity index (χ0n) is 23.6. The number of aliphatic hydroxyl groups is 1. The van der Waals surface area contributed by atoms with Crippen molar-refractivity contribution in [1.82, 2.24) is 0 Å². The molecule has 3 aliphatic carbocycles. The van der Waals surface area contributed by atoms with Crippen molar-refractivity contribution in [1.29, 1.82) is 0 Å². The van der Waals surface area contributed by atoms with Gasteiger partial charge in [-0.15, -0.1) is 0 Å². The minimum Gasteiger partial charge on any atom is -0.507 e. The Morgan fingerprint density at radius 2 is 1.69 bits per heavy atom. The van der Waals surface area contributed by atoms with Crippen LogP contribution < -0.4 is 0 Å². The molecule has 6 nitrogen and oxygen atoms in total. The molecule has 5 rings (SSSR count). The molecule has 2 N–H and O–H groups in total. The lowest BCUT2D eigenvalue weighted by Gasteiger charge is -2.60. The van der Waals surface area contributed by atoms with Gasteiger partial charge in [-0.3, -0.25) is 19.2 Å². The first-order chi connectivity index (χ1) is 18.1. The molecule has 0 saturated heterocycles. The summed E-state index contributed by atoms with van der Waals surface area (Å²) in [6, 6.07) is 11.2. The number of ketones is 4. The zero-order valence-corrected chi connectivity index (χ0v) is 23.6. The molecule has 0 bridgehead atoms. The van der Waals surface area contributed by atoms with Gasteiger partial charge in [0.15, 0.2) is 23.0 Å². The third-order valence-electron chi connectivity index (χ3n) is 9.64. The largest absolute Gasteiger partial charge is 0.507 e. The van der Waals surface area contributed by atoms with Gasteiger partial charge in [-0.25, -0.2) is 0 Å². The Kier molecular flexibility index (Phi) is 5.97. The summed E-state index contributed by atoms with van der Waals surface area (Å²) in [5.41, 5.74) is 0.0639. The predicted molar refractivity (Wildman–Crippen MR) is 147 cm³/mol. The summed E-state index contributed by atoms with van der Waals surface area (Å²) in [7, 11) is 0. The molecule has 204 valence electrons. The van der Waals surface area contributed by atoms with E-state index < -0.39 is 51.4 Å². The van der Waals surface area contributed by atoms with Gasteiger partial charge < -0.3 is 10.2 Å². The number of rotatable bonds is 3. The van der Waals surface area contributed by atoms with Crippen LogP contribution >= 0.6 is 0 Å². The maximum Gasteiger partial charge on any atom is 0.192 e. The molecule has 2 aromatic carbocycles. The highest BCUT2D eigenvalue weighted by molar-refractivity contribution is 6.27. The Balaban J connectivity index is 1.77. The molecule has 0 radical (unpaired) electrons. The molecule has 0 aromatic heterocycles. The van der Waals surface area contributed by atoms with E-state index in [-0.39, 0.29) is 23.7 Å². The lowest BCUT2D eigenvalue weighted by atomic mass is 9.41. The lowest BCUT2D eigenvalue weighted by molar-refractivity contribution is -0.183. The molecular formula is C33H36O6. The van der Waals surface area contributed by atoms with Crippen LogP contribution in [0.25, 0.3) is 11.1 Å². The number of phenols is 1. The smallest absolute Gasteiger partial charge is 0.192 e. The number of carbonyl (C=O) groups is 4. The number of fused-ring (bicyclic) bond motifs is 3. The van der Waals surface area contributed by atoms with Gasteiger partial charge in [0.1, 0.15) is 17.5 Å². The lowest BCUT2D eigenvalue weighted by Crippen LogP contribution is -2.73. The second-order valence-corrected chi connectivity index (χ2v) is 12.7. The fourth-order valence-electron chi connectivity index (χ4n) is 8.42. The summed E-state index contributed by atoms with van der Waals surface area (Å²) in [6.45, 7) is 12.5. The van der Waals surface area contributed by atoms with Crippen molar-refractivity contribution < 1.29 is 29.4 Å². The number of carbonyl (C=O) groups excluding carboxylic acids is 4. The molecule has 3 aliphatic rings. The molecule has 0 aliphatic heterocycles. The van der Waals surface area contributed by atoms with Gasteiger partial charge >= 0.3 is 0 Å². The second-order valence-electron chi connectivity index (χ2n) is 12.7. The van der Waals surface area contributed by atoms with Crippen LogP contribution in [0.4, 0.5) is 0 Å². The number of Topliss-reactive ketones (excluding diaryl/α,β-unsaturated/α-hetero) is 4. The van der Waals surface area contributed by atoms with Crippen LogP contribution in [0.1, 0.15) is 69.4 Å². The summed E-state index contributed by atoms with van der Waals surface area (Å²) in [5.74, 6) is -5.67. The van der Waals surface area contributed by atoms with Crippen LogP contribution in [0.5, 0.6) is 5.75 Å². The van der Waals surface area contributed by atoms with Crippen molar-refractivity contribution in [2.45, 2.75) is 66.9 Å². The normalized spacial score (nSPS) is 32.2. The standard InChI is InChI=1S/C33H36O6/c1-16(2)26-18(4)24(19(5)34)29(37)33(39)30(38)27-28(36)25-22(14-31(27,6)15-32(26,33)7)21(11-12-23(25)35)20-10-8-9-17(3)13-20/h8-13,16,24,27,35,39H,14-15H2,1-7H3/t24?,27?,31-,32-,33+/m0/s1. The molecule has 2 aromatic rings. The first kappa shape index (κ1) is 27.2. The molecule has 6 heteroatoms. The van der Waals surface area contributed by atoms with E-state index in [1.807, 2.05) is 52.0 Å². The van der Waals surface area contributed by atoms with E-state index in [1.54, 1.807) is 19.9 Å². The Morgan fingerprint density at radius 3 is 2.28 bits per heavy atom. The maximum atomic E-state index is 14.4. The van der Waals surface area contributed by atoms with Crippen molar-refractivity contribution in [3.05, 3.63) is 64.2 Å². The third kappa shape index (κ3) is 3.43. The van der Waals surface area contributed by atoms with E-state index in [1.165, 1.54) is 13.0 Å². The average Bonchev–Trinajstić information content (AvgIpc) is 2.81. The van der Waals surface area contributed by atoms with Gasteiger partial charge in [0.05, 0.1) is 11.5 Å². The molecule has 1 fully saturated rings. The average molecular weight is 529 g/mol. The predicted octanol–water partition coefficient (Wildman–Crippen LogP) is 5.20. The van der Waals surface area contributed by atoms with Crippen molar-refractivity contribution in [3.63, 3.8) is 0 Å². The van der Waals surface area contributed by atoms with Gasteiger partial charge in [0.2, 0.25) is 0 Å². The van der Waals surface area contributed by atoms with E-state index >= 15 is 0 Å². The maximum absolute atomic E-state index is 14.4. The van der Waals surface area contributed by atoms with E-state index in [9.17, 15) is 29.4 Å². The van der Waals surface area contributed by atoms with Crippen LogP contribution in [0, 0.1) is 35.5 Å². The summed E-state index contributed by atoms with van der Waals surface area (Å²) < 4.78 is 0. The zero-order chi connectivity index (χ0) is 28.8. The molecule has 1 saturated carbocycles. The summed E-state index contributed by atoms with van der Waals surface area (Å²) in [5, 5.41) is 23.1. The molecule has 0 spiro atoms.